The number of nitrogens with one attached hydrogen (secondary N) is 1. The monoisotopic (exact) mass is 282 g/mol. The molecule has 0 radical (unpaired) electrons. The third-order valence-electron chi connectivity index (χ3n) is 4.02. The summed E-state index contributed by atoms with van der Waals surface area (Å²) < 4.78 is 0. The molecule has 0 aromatic rings. The first-order valence-corrected chi connectivity index (χ1v) is 7.50. The van der Waals surface area contributed by atoms with Gasteiger partial charge in [-0.05, 0) is 33.5 Å². The van der Waals surface area contributed by atoms with Crippen molar-refractivity contribution in [1.82, 2.24) is 20.0 Å². The number of carbonyl (C=O) groups is 2. The largest absolute Gasteiger partial charge is 0.339 e. The Morgan fingerprint density at radius 2 is 1.70 bits per heavy atom. The van der Waals surface area contributed by atoms with Crippen molar-refractivity contribution in [3.05, 3.63) is 0 Å². The quantitative estimate of drug-likeness (QED) is 0.745. The molecule has 0 saturated carbocycles. The van der Waals surface area contributed by atoms with Crippen molar-refractivity contribution < 1.29 is 9.59 Å². The Bertz CT molecular complexity index is 345. The lowest BCUT2D eigenvalue weighted by Gasteiger charge is -2.35. The molecule has 2 heterocycles. The minimum Gasteiger partial charge on any atom is -0.339 e. The van der Waals surface area contributed by atoms with Crippen LogP contribution in [0.1, 0.15) is 19.3 Å². The Morgan fingerprint density at radius 1 is 1.10 bits per heavy atom. The molecule has 0 bridgehead atoms. The number of nitrogens with zero attached hydrogens (tertiary/aromatic N) is 3. The third-order valence-corrected chi connectivity index (χ3v) is 4.02. The van der Waals surface area contributed by atoms with E-state index in [2.05, 4.69) is 5.32 Å². The third kappa shape index (κ3) is 4.18. The minimum absolute atomic E-state index is 0.152. The fourth-order valence-corrected chi connectivity index (χ4v) is 2.85. The summed E-state index contributed by atoms with van der Waals surface area (Å²) >= 11 is 0. The van der Waals surface area contributed by atoms with E-state index in [1.54, 1.807) is 0 Å². The molecule has 0 aromatic carbocycles. The number of hydrogen-bond donors (Lipinski definition) is 1. The van der Waals surface area contributed by atoms with Gasteiger partial charge in [0, 0.05) is 38.6 Å². The van der Waals surface area contributed by atoms with Crippen LogP contribution in [0.15, 0.2) is 0 Å². The van der Waals surface area contributed by atoms with Crippen LogP contribution in [0.2, 0.25) is 0 Å². The molecule has 0 aliphatic carbocycles. The molecule has 6 heteroatoms. The van der Waals surface area contributed by atoms with Gasteiger partial charge >= 0.3 is 0 Å². The first-order chi connectivity index (χ1) is 9.56. The van der Waals surface area contributed by atoms with Gasteiger partial charge in [0.15, 0.2) is 0 Å². The highest BCUT2D eigenvalue weighted by molar-refractivity contribution is 5.80. The number of hydrogen-bond acceptors (Lipinski definition) is 4. The molecule has 20 heavy (non-hydrogen) atoms. The van der Waals surface area contributed by atoms with Gasteiger partial charge in [0.1, 0.15) is 0 Å². The summed E-state index contributed by atoms with van der Waals surface area (Å²) in [6.07, 6.45) is 2.88. The van der Waals surface area contributed by atoms with Crippen LogP contribution in [0, 0.1) is 0 Å². The fraction of sp³-hybridized carbons (Fsp3) is 0.857. The SMILES string of the molecule is CN(C)CC(=O)N1CCN(C(=O)CC2CCCN2)CC1. The van der Waals surface area contributed by atoms with Crippen LogP contribution < -0.4 is 5.32 Å². The standard InChI is InChI=1S/C14H26N4O2/c1-16(2)11-14(20)18-8-6-17(7-9-18)13(19)10-12-4-3-5-15-12/h12,15H,3-11H2,1-2H3. The molecule has 1 atom stereocenters. The topological polar surface area (TPSA) is 55.9 Å². The molecule has 0 spiro atoms. The summed E-state index contributed by atoms with van der Waals surface area (Å²) in [7, 11) is 3.79. The summed E-state index contributed by atoms with van der Waals surface area (Å²) in [5, 5.41) is 3.36. The highest BCUT2D eigenvalue weighted by Gasteiger charge is 2.26. The molecule has 2 rings (SSSR count). The van der Waals surface area contributed by atoms with E-state index in [1.165, 1.54) is 6.42 Å². The number of amides is 2. The maximum Gasteiger partial charge on any atom is 0.236 e. The predicted molar refractivity (Wildman–Crippen MR) is 77.4 cm³/mol. The Kier molecular flexibility index (Phi) is 5.37. The van der Waals surface area contributed by atoms with Gasteiger partial charge in [-0.3, -0.25) is 9.59 Å². The number of piperazine rings is 1. The minimum atomic E-state index is 0.152. The van der Waals surface area contributed by atoms with E-state index in [-0.39, 0.29) is 11.8 Å². The average molecular weight is 282 g/mol. The van der Waals surface area contributed by atoms with Crippen molar-refractivity contribution in [2.24, 2.45) is 0 Å². The van der Waals surface area contributed by atoms with Crippen LogP contribution in [-0.4, -0.2) is 85.9 Å². The highest BCUT2D eigenvalue weighted by Crippen LogP contribution is 2.12. The van der Waals surface area contributed by atoms with Gasteiger partial charge < -0.3 is 20.0 Å². The first kappa shape index (κ1) is 15.3. The van der Waals surface area contributed by atoms with Gasteiger partial charge in [-0.15, -0.1) is 0 Å². The second kappa shape index (κ2) is 7.04. The Balaban J connectivity index is 1.73. The average Bonchev–Trinajstić information content (AvgIpc) is 2.91. The Labute approximate surface area is 121 Å². The molecule has 2 aliphatic heterocycles. The summed E-state index contributed by atoms with van der Waals surface area (Å²) in [4.78, 5) is 29.8. The molecular formula is C14H26N4O2. The van der Waals surface area contributed by atoms with E-state index < -0.39 is 0 Å². The van der Waals surface area contributed by atoms with Crippen LogP contribution >= 0.6 is 0 Å². The van der Waals surface area contributed by atoms with Crippen LogP contribution in [0.5, 0.6) is 0 Å². The second-order valence-electron chi connectivity index (χ2n) is 6.00. The van der Waals surface area contributed by atoms with Gasteiger partial charge in [0.2, 0.25) is 11.8 Å². The molecule has 114 valence electrons. The molecule has 2 fully saturated rings. The molecule has 0 aromatic heterocycles. The lowest BCUT2D eigenvalue weighted by molar-refractivity contribution is -0.140. The maximum absolute atomic E-state index is 12.2. The molecule has 2 saturated heterocycles. The fourth-order valence-electron chi connectivity index (χ4n) is 2.85. The molecule has 2 aliphatic rings. The van der Waals surface area contributed by atoms with E-state index >= 15 is 0 Å². The Morgan fingerprint density at radius 3 is 2.20 bits per heavy atom. The number of rotatable bonds is 4. The molecule has 2 amide bonds. The van der Waals surface area contributed by atoms with E-state index in [1.807, 2.05) is 28.8 Å². The maximum atomic E-state index is 12.2. The number of likely N-dealkylation sites (N-methyl/N-ethyl adjacent to an activating group) is 1. The van der Waals surface area contributed by atoms with Crippen molar-refractivity contribution in [3.8, 4) is 0 Å². The Hall–Kier alpha value is -1.14. The summed E-state index contributed by atoms with van der Waals surface area (Å²) in [5.41, 5.74) is 0. The van der Waals surface area contributed by atoms with Crippen molar-refractivity contribution in [3.63, 3.8) is 0 Å². The van der Waals surface area contributed by atoms with Crippen LogP contribution in [0.3, 0.4) is 0 Å². The van der Waals surface area contributed by atoms with Crippen molar-refractivity contribution in [2.45, 2.75) is 25.3 Å². The van der Waals surface area contributed by atoms with E-state index in [0.29, 0.717) is 45.2 Å². The van der Waals surface area contributed by atoms with E-state index in [0.717, 1.165) is 13.0 Å². The van der Waals surface area contributed by atoms with Gasteiger partial charge in [0.25, 0.3) is 0 Å². The molecule has 1 N–H and O–H groups in total. The molecule has 6 nitrogen and oxygen atoms in total. The van der Waals surface area contributed by atoms with Crippen LogP contribution in [0.4, 0.5) is 0 Å². The zero-order chi connectivity index (χ0) is 14.5. The predicted octanol–water partition coefficient (Wildman–Crippen LogP) is -0.639. The van der Waals surface area contributed by atoms with Crippen LogP contribution in [-0.2, 0) is 9.59 Å². The highest BCUT2D eigenvalue weighted by atomic mass is 16.2. The van der Waals surface area contributed by atoms with Gasteiger partial charge in [-0.25, -0.2) is 0 Å². The molecular weight excluding hydrogens is 256 g/mol. The zero-order valence-electron chi connectivity index (χ0n) is 12.6. The summed E-state index contributed by atoms with van der Waals surface area (Å²) in [6.45, 7) is 4.15. The smallest absolute Gasteiger partial charge is 0.236 e. The lowest BCUT2D eigenvalue weighted by Crippen LogP contribution is -2.52. The van der Waals surface area contributed by atoms with E-state index in [4.69, 9.17) is 0 Å². The summed E-state index contributed by atoms with van der Waals surface area (Å²) in [5.74, 6) is 0.378. The lowest BCUT2D eigenvalue weighted by atomic mass is 10.1. The van der Waals surface area contributed by atoms with Gasteiger partial charge in [0.05, 0.1) is 6.54 Å². The van der Waals surface area contributed by atoms with Crippen LogP contribution in [0.25, 0.3) is 0 Å². The normalized spacial score (nSPS) is 23.4. The van der Waals surface area contributed by atoms with Crippen molar-refractivity contribution in [2.75, 3.05) is 53.4 Å². The summed E-state index contributed by atoms with van der Waals surface area (Å²) in [6, 6.07) is 0.357. The zero-order valence-corrected chi connectivity index (χ0v) is 12.6. The second-order valence-corrected chi connectivity index (χ2v) is 6.00. The van der Waals surface area contributed by atoms with Gasteiger partial charge in [-0.2, -0.15) is 0 Å². The van der Waals surface area contributed by atoms with E-state index in [9.17, 15) is 9.59 Å². The van der Waals surface area contributed by atoms with Crippen molar-refractivity contribution >= 4 is 11.8 Å². The van der Waals surface area contributed by atoms with Crippen molar-refractivity contribution in [1.29, 1.82) is 0 Å². The number of carbonyl (C=O) groups excluding carboxylic acids is 2. The van der Waals surface area contributed by atoms with Gasteiger partial charge in [-0.1, -0.05) is 0 Å². The molecule has 1 unspecified atom stereocenters. The first-order valence-electron chi connectivity index (χ1n) is 7.50.